The number of anilines is 1. The van der Waals surface area contributed by atoms with E-state index in [1.54, 1.807) is 12.1 Å². The lowest BCUT2D eigenvalue weighted by Gasteiger charge is -2.72. The first kappa shape index (κ1) is 20.6. The summed E-state index contributed by atoms with van der Waals surface area (Å²) in [5.41, 5.74) is -0.709. The third kappa shape index (κ3) is 2.99. The molecule has 1 saturated heterocycles. The van der Waals surface area contributed by atoms with E-state index in [4.69, 9.17) is 0 Å². The van der Waals surface area contributed by atoms with E-state index in [9.17, 15) is 10.2 Å². The van der Waals surface area contributed by atoms with Gasteiger partial charge in [0.25, 0.3) is 0 Å². The van der Waals surface area contributed by atoms with Gasteiger partial charge in [-0.15, -0.1) is 0 Å². The molecule has 4 rings (SSSR count). The van der Waals surface area contributed by atoms with Gasteiger partial charge >= 0.3 is 0 Å². The van der Waals surface area contributed by atoms with Gasteiger partial charge in [-0.2, -0.15) is 0 Å². The summed E-state index contributed by atoms with van der Waals surface area (Å²) in [6, 6.07) is 11.4. The summed E-state index contributed by atoms with van der Waals surface area (Å²) in [6.07, 6.45) is 1.84. The van der Waals surface area contributed by atoms with Crippen LogP contribution in [0.1, 0.15) is 33.3 Å². The van der Waals surface area contributed by atoms with Gasteiger partial charge in [-0.25, -0.2) is 4.98 Å². The summed E-state index contributed by atoms with van der Waals surface area (Å²) < 4.78 is 0.992. The molecule has 0 unspecified atom stereocenters. The standard InChI is InChI=1S/C23H30BrN3O2/c1-21(2)20(22(3,4)23(21,29)16-5-8-18(28)9-6-16)27-13-11-26(12-14-27)19-10-7-17(24)15-25-19/h5-10,15,20,28-29H,11-14H2,1-4H3. The highest BCUT2D eigenvalue weighted by molar-refractivity contribution is 9.10. The number of halogens is 1. The van der Waals surface area contributed by atoms with Crippen molar-refractivity contribution in [1.82, 2.24) is 9.88 Å². The van der Waals surface area contributed by atoms with Crippen LogP contribution in [0, 0.1) is 10.8 Å². The smallest absolute Gasteiger partial charge is 0.128 e. The van der Waals surface area contributed by atoms with Crippen molar-refractivity contribution in [3.8, 4) is 5.75 Å². The number of hydrogen-bond donors (Lipinski definition) is 2. The molecular formula is C23H30BrN3O2. The third-order valence-corrected chi connectivity index (χ3v) is 7.70. The van der Waals surface area contributed by atoms with Crippen molar-refractivity contribution in [3.63, 3.8) is 0 Å². The van der Waals surface area contributed by atoms with E-state index in [0.29, 0.717) is 0 Å². The van der Waals surface area contributed by atoms with E-state index in [-0.39, 0.29) is 22.6 Å². The summed E-state index contributed by atoms with van der Waals surface area (Å²) in [7, 11) is 0. The first-order valence-electron chi connectivity index (χ1n) is 10.2. The third-order valence-electron chi connectivity index (χ3n) is 7.23. The average molecular weight is 460 g/mol. The summed E-state index contributed by atoms with van der Waals surface area (Å²) in [5, 5.41) is 21.5. The van der Waals surface area contributed by atoms with Crippen molar-refractivity contribution in [1.29, 1.82) is 0 Å². The molecule has 2 aliphatic rings. The Labute approximate surface area is 181 Å². The maximum atomic E-state index is 11.9. The van der Waals surface area contributed by atoms with Crippen LogP contribution in [-0.4, -0.2) is 52.3 Å². The molecule has 0 amide bonds. The van der Waals surface area contributed by atoms with Gasteiger partial charge < -0.3 is 15.1 Å². The number of rotatable bonds is 3. The Kier molecular flexibility index (Phi) is 4.95. The monoisotopic (exact) mass is 459 g/mol. The zero-order chi connectivity index (χ0) is 21.0. The second-order valence-electron chi connectivity index (χ2n) is 9.46. The molecule has 0 atom stereocenters. The number of hydrogen-bond acceptors (Lipinski definition) is 5. The van der Waals surface area contributed by atoms with Gasteiger partial charge in [0.15, 0.2) is 0 Å². The normalized spacial score (nSPS) is 28.8. The molecular weight excluding hydrogens is 430 g/mol. The minimum atomic E-state index is -0.956. The number of pyridine rings is 1. The Morgan fingerprint density at radius 3 is 2.03 bits per heavy atom. The van der Waals surface area contributed by atoms with Gasteiger partial charge in [-0.1, -0.05) is 39.8 Å². The SMILES string of the molecule is CC1(C)C(N2CCN(c3ccc(Br)cn3)CC2)C(C)(C)C1(O)c1ccc(O)cc1. The Balaban J connectivity index is 1.53. The fourth-order valence-corrected chi connectivity index (χ4v) is 6.41. The van der Waals surface area contributed by atoms with Crippen molar-refractivity contribution < 1.29 is 10.2 Å². The van der Waals surface area contributed by atoms with Crippen LogP contribution >= 0.6 is 15.9 Å². The van der Waals surface area contributed by atoms with Gasteiger partial charge in [0, 0.05) is 53.7 Å². The van der Waals surface area contributed by atoms with E-state index in [0.717, 1.165) is 42.0 Å². The van der Waals surface area contributed by atoms with E-state index < -0.39 is 5.60 Å². The molecule has 5 nitrogen and oxygen atoms in total. The summed E-state index contributed by atoms with van der Waals surface area (Å²) in [5.74, 6) is 1.24. The van der Waals surface area contributed by atoms with Crippen LogP contribution in [-0.2, 0) is 5.60 Å². The highest BCUT2D eigenvalue weighted by atomic mass is 79.9. The van der Waals surface area contributed by atoms with Crippen LogP contribution in [0.3, 0.4) is 0 Å². The minimum absolute atomic E-state index is 0.224. The van der Waals surface area contributed by atoms with Crippen LogP contribution in [0.5, 0.6) is 5.75 Å². The molecule has 0 radical (unpaired) electrons. The van der Waals surface area contributed by atoms with Gasteiger partial charge in [0.2, 0.25) is 0 Å². The molecule has 0 bridgehead atoms. The Hall–Kier alpha value is -1.63. The number of piperazine rings is 1. The molecule has 2 aromatic rings. The quantitative estimate of drug-likeness (QED) is 0.726. The molecule has 1 saturated carbocycles. The highest BCUT2D eigenvalue weighted by Gasteiger charge is 2.73. The lowest BCUT2D eigenvalue weighted by molar-refractivity contribution is -0.307. The van der Waals surface area contributed by atoms with Crippen LogP contribution in [0.25, 0.3) is 0 Å². The molecule has 1 aliphatic heterocycles. The van der Waals surface area contributed by atoms with Crippen LogP contribution < -0.4 is 4.90 Å². The average Bonchev–Trinajstić information content (AvgIpc) is 2.68. The first-order chi connectivity index (χ1) is 13.6. The molecule has 1 aliphatic carbocycles. The molecule has 2 N–H and O–H groups in total. The topological polar surface area (TPSA) is 59.8 Å². The molecule has 1 aromatic heterocycles. The summed E-state index contributed by atoms with van der Waals surface area (Å²) in [4.78, 5) is 9.39. The van der Waals surface area contributed by atoms with Crippen molar-refractivity contribution in [2.45, 2.75) is 39.3 Å². The van der Waals surface area contributed by atoms with E-state index in [1.165, 1.54) is 0 Å². The maximum absolute atomic E-state index is 11.9. The van der Waals surface area contributed by atoms with E-state index in [2.05, 4.69) is 64.5 Å². The minimum Gasteiger partial charge on any atom is -0.508 e. The number of aromatic nitrogens is 1. The molecule has 2 heterocycles. The number of nitrogens with zero attached hydrogens (tertiary/aromatic N) is 3. The predicted molar refractivity (Wildman–Crippen MR) is 119 cm³/mol. The number of benzene rings is 1. The Bertz CT molecular complexity index is 856. The van der Waals surface area contributed by atoms with Gasteiger partial charge in [-0.3, -0.25) is 4.90 Å². The fourth-order valence-electron chi connectivity index (χ4n) is 6.17. The first-order valence-corrected chi connectivity index (χ1v) is 11.0. The van der Waals surface area contributed by atoms with Crippen LogP contribution in [0.2, 0.25) is 0 Å². The van der Waals surface area contributed by atoms with Crippen molar-refractivity contribution in [2.75, 3.05) is 31.1 Å². The molecule has 29 heavy (non-hydrogen) atoms. The molecule has 0 spiro atoms. The van der Waals surface area contributed by atoms with Crippen molar-refractivity contribution >= 4 is 21.7 Å². The fraction of sp³-hybridized carbons (Fsp3) is 0.522. The van der Waals surface area contributed by atoms with E-state index >= 15 is 0 Å². The second kappa shape index (κ2) is 6.96. The summed E-state index contributed by atoms with van der Waals surface area (Å²) >= 11 is 3.45. The summed E-state index contributed by atoms with van der Waals surface area (Å²) in [6.45, 7) is 12.4. The lowest BCUT2D eigenvalue weighted by Crippen LogP contribution is -2.79. The zero-order valence-corrected chi connectivity index (χ0v) is 19.1. The Morgan fingerprint density at radius 2 is 1.52 bits per heavy atom. The van der Waals surface area contributed by atoms with Gasteiger partial charge in [0.1, 0.15) is 17.2 Å². The number of phenolic OH excluding ortho intramolecular Hbond substituents is 1. The maximum Gasteiger partial charge on any atom is 0.128 e. The molecule has 6 heteroatoms. The van der Waals surface area contributed by atoms with Crippen LogP contribution in [0.4, 0.5) is 5.82 Å². The zero-order valence-electron chi connectivity index (χ0n) is 17.6. The van der Waals surface area contributed by atoms with E-state index in [1.807, 2.05) is 24.4 Å². The number of aliphatic hydroxyl groups is 1. The lowest BCUT2D eigenvalue weighted by atomic mass is 9.39. The van der Waals surface area contributed by atoms with Crippen molar-refractivity contribution in [2.24, 2.45) is 10.8 Å². The van der Waals surface area contributed by atoms with Gasteiger partial charge in [-0.05, 0) is 45.8 Å². The van der Waals surface area contributed by atoms with Crippen molar-refractivity contribution in [3.05, 3.63) is 52.6 Å². The highest BCUT2D eigenvalue weighted by Crippen LogP contribution is 2.68. The largest absolute Gasteiger partial charge is 0.508 e. The predicted octanol–water partition coefficient (Wildman–Crippen LogP) is 3.99. The molecule has 2 fully saturated rings. The Morgan fingerprint density at radius 1 is 0.931 bits per heavy atom. The molecule has 156 valence electrons. The van der Waals surface area contributed by atoms with Crippen LogP contribution in [0.15, 0.2) is 47.1 Å². The number of aromatic hydroxyl groups is 1. The second-order valence-corrected chi connectivity index (χ2v) is 10.4. The number of phenols is 1. The molecule has 1 aromatic carbocycles. The van der Waals surface area contributed by atoms with Gasteiger partial charge in [0.05, 0.1) is 0 Å².